The lowest BCUT2D eigenvalue weighted by molar-refractivity contribution is -0.129. The molecule has 3 amide bonds. The molecule has 31 heavy (non-hydrogen) atoms. The molecule has 0 bridgehead atoms. The van der Waals surface area contributed by atoms with Gasteiger partial charge in [0.25, 0.3) is 17.7 Å². The lowest BCUT2D eigenvalue weighted by Gasteiger charge is -2.10. The Balaban J connectivity index is 1.38. The van der Waals surface area contributed by atoms with Gasteiger partial charge in [0.15, 0.2) is 6.61 Å². The Bertz CT molecular complexity index is 1090. The highest BCUT2D eigenvalue weighted by Crippen LogP contribution is 2.22. The molecule has 0 unspecified atom stereocenters. The summed E-state index contributed by atoms with van der Waals surface area (Å²) in [5.74, 6) is -0.981. The maximum absolute atomic E-state index is 11.8. The second-order valence-corrected chi connectivity index (χ2v) is 7.21. The number of thiophene rings is 1. The largest absolute Gasteiger partial charge is 0.484 e. The number of amides is 3. The van der Waals surface area contributed by atoms with Gasteiger partial charge in [-0.05, 0) is 46.8 Å². The maximum atomic E-state index is 11.8. The number of carbonyl (C=O) groups excluding carboxylic acids is 3. The van der Waals surface area contributed by atoms with Gasteiger partial charge in [-0.25, -0.2) is 0 Å². The number of hydrazine groups is 1. The van der Waals surface area contributed by atoms with Gasteiger partial charge in [-0.2, -0.15) is 5.26 Å². The Kier molecular flexibility index (Phi) is 7.35. The molecule has 0 saturated heterocycles. The lowest BCUT2D eigenvalue weighted by atomic mass is 10.0. The molecule has 3 rings (SSSR count). The molecular formula is C22H18N4O4S. The van der Waals surface area contributed by atoms with Crippen molar-refractivity contribution in [2.45, 2.75) is 0 Å². The van der Waals surface area contributed by atoms with E-state index in [1.165, 1.54) is 11.3 Å². The number of hydrogen-bond acceptors (Lipinski definition) is 6. The topological polar surface area (TPSA) is 120 Å². The minimum atomic E-state index is -0.565. The normalized spacial score (nSPS) is 9.90. The van der Waals surface area contributed by atoms with Crippen molar-refractivity contribution in [1.29, 1.82) is 5.26 Å². The summed E-state index contributed by atoms with van der Waals surface area (Å²) in [6.07, 6.45) is 0. The number of ether oxygens (including phenoxy) is 1. The molecule has 1 aromatic heterocycles. The zero-order chi connectivity index (χ0) is 22.1. The number of nitrogens with one attached hydrogen (secondary N) is 3. The van der Waals surface area contributed by atoms with Crippen molar-refractivity contribution in [2.75, 3.05) is 13.2 Å². The Morgan fingerprint density at radius 2 is 1.55 bits per heavy atom. The highest BCUT2D eigenvalue weighted by Gasteiger charge is 2.10. The first-order chi connectivity index (χ1) is 15.0. The molecule has 3 aromatic rings. The van der Waals surface area contributed by atoms with E-state index in [1.54, 1.807) is 41.8 Å². The third-order valence-corrected chi connectivity index (χ3v) is 4.94. The van der Waals surface area contributed by atoms with Crippen molar-refractivity contribution >= 4 is 29.1 Å². The van der Waals surface area contributed by atoms with Crippen LogP contribution in [0.5, 0.6) is 5.75 Å². The van der Waals surface area contributed by atoms with E-state index in [1.807, 2.05) is 24.3 Å². The smallest absolute Gasteiger partial charge is 0.276 e. The minimum absolute atomic E-state index is 0.269. The van der Waals surface area contributed by atoms with E-state index in [4.69, 9.17) is 10.00 Å². The van der Waals surface area contributed by atoms with E-state index < -0.39 is 11.8 Å². The minimum Gasteiger partial charge on any atom is -0.484 e. The van der Waals surface area contributed by atoms with E-state index in [0.29, 0.717) is 16.2 Å². The van der Waals surface area contributed by atoms with Crippen LogP contribution >= 0.6 is 11.3 Å². The van der Waals surface area contributed by atoms with Crippen LogP contribution in [0.2, 0.25) is 0 Å². The van der Waals surface area contributed by atoms with E-state index in [2.05, 4.69) is 22.2 Å². The molecule has 0 aliphatic rings. The molecule has 0 fully saturated rings. The fourth-order valence-corrected chi connectivity index (χ4v) is 3.14. The van der Waals surface area contributed by atoms with E-state index >= 15 is 0 Å². The van der Waals surface area contributed by atoms with Crippen molar-refractivity contribution < 1.29 is 19.1 Å². The van der Waals surface area contributed by atoms with Crippen LogP contribution in [0.3, 0.4) is 0 Å². The molecule has 0 radical (unpaired) electrons. The summed E-state index contributed by atoms with van der Waals surface area (Å²) < 4.78 is 5.40. The van der Waals surface area contributed by atoms with Gasteiger partial charge in [0.2, 0.25) is 0 Å². The number of nitrogens with zero attached hydrogens (tertiary/aromatic N) is 1. The summed E-state index contributed by atoms with van der Waals surface area (Å²) in [6, 6.07) is 19.8. The molecule has 2 aromatic carbocycles. The van der Waals surface area contributed by atoms with Gasteiger partial charge in [-0.3, -0.25) is 25.2 Å². The molecule has 9 heteroatoms. The molecule has 1 heterocycles. The first kappa shape index (κ1) is 21.5. The van der Waals surface area contributed by atoms with Gasteiger partial charge in [0.05, 0.1) is 23.1 Å². The Hall–Kier alpha value is -4.16. The van der Waals surface area contributed by atoms with Gasteiger partial charge in [-0.1, -0.05) is 30.3 Å². The zero-order valence-electron chi connectivity index (χ0n) is 16.3. The molecule has 0 spiro atoms. The third-order valence-electron chi connectivity index (χ3n) is 4.07. The zero-order valence-corrected chi connectivity index (χ0v) is 17.1. The Labute approximate surface area is 182 Å². The molecule has 0 atom stereocenters. The van der Waals surface area contributed by atoms with Crippen LogP contribution in [0, 0.1) is 11.3 Å². The SMILES string of the molecule is N#Cc1ccc(-c2ccc(OCC(=O)NNC(=O)CNC(=O)c3cccs3)cc2)cc1. The van der Waals surface area contributed by atoms with Crippen molar-refractivity contribution in [3.05, 3.63) is 76.5 Å². The molecule has 8 nitrogen and oxygen atoms in total. The van der Waals surface area contributed by atoms with Crippen LogP contribution in [0.4, 0.5) is 0 Å². The quantitative estimate of drug-likeness (QED) is 0.493. The van der Waals surface area contributed by atoms with Crippen LogP contribution < -0.4 is 20.9 Å². The lowest BCUT2D eigenvalue weighted by Crippen LogP contribution is -2.47. The average Bonchev–Trinajstić information content (AvgIpc) is 3.35. The predicted octanol–water partition coefficient (Wildman–Crippen LogP) is 2.24. The van der Waals surface area contributed by atoms with Crippen LogP contribution in [0.25, 0.3) is 11.1 Å². The first-order valence-electron chi connectivity index (χ1n) is 9.18. The van der Waals surface area contributed by atoms with Crippen LogP contribution in [0.1, 0.15) is 15.2 Å². The van der Waals surface area contributed by atoms with Crippen LogP contribution in [0.15, 0.2) is 66.0 Å². The molecule has 3 N–H and O–H groups in total. The monoisotopic (exact) mass is 434 g/mol. The Morgan fingerprint density at radius 3 is 2.16 bits per heavy atom. The van der Waals surface area contributed by atoms with Crippen molar-refractivity contribution in [2.24, 2.45) is 0 Å². The first-order valence-corrected chi connectivity index (χ1v) is 10.1. The fourth-order valence-electron chi connectivity index (χ4n) is 2.50. The summed E-state index contributed by atoms with van der Waals surface area (Å²) in [5.41, 5.74) is 6.92. The summed E-state index contributed by atoms with van der Waals surface area (Å²) in [4.78, 5) is 35.8. The molecule has 156 valence electrons. The molecular weight excluding hydrogens is 416 g/mol. The highest BCUT2D eigenvalue weighted by molar-refractivity contribution is 7.12. The number of carbonyl (C=O) groups is 3. The number of nitriles is 1. The van der Waals surface area contributed by atoms with Crippen LogP contribution in [-0.4, -0.2) is 30.9 Å². The van der Waals surface area contributed by atoms with Gasteiger partial charge in [0, 0.05) is 0 Å². The van der Waals surface area contributed by atoms with Crippen molar-refractivity contribution in [3.63, 3.8) is 0 Å². The van der Waals surface area contributed by atoms with Gasteiger partial charge in [0.1, 0.15) is 5.75 Å². The number of rotatable bonds is 7. The van der Waals surface area contributed by atoms with E-state index in [9.17, 15) is 14.4 Å². The summed E-state index contributed by atoms with van der Waals surface area (Å²) >= 11 is 1.26. The average molecular weight is 434 g/mol. The van der Waals surface area contributed by atoms with Crippen molar-refractivity contribution in [1.82, 2.24) is 16.2 Å². The standard InChI is InChI=1S/C22H18N4O4S/c23-12-15-3-5-16(6-4-15)17-7-9-18(10-8-17)30-14-21(28)26-25-20(27)13-24-22(29)19-2-1-11-31-19/h1-11H,13-14H2,(H,24,29)(H,25,27)(H,26,28). The third kappa shape index (κ3) is 6.42. The molecule has 0 aliphatic carbocycles. The van der Waals surface area contributed by atoms with Crippen molar-refractivity contribution in [3.8, 4) is 22.9 Å². The van der Waals surface area contributed by atoms with Gasteiger partial charge >= 0.3 is 0 Å². The fraction of sp³-hybridized carbons (Fsp3) is 0.0909. The van der Waals surface area contributed by atoms with Gasteiger partial charge in [-0.15, -0.1) is 11.3 Å². The molecule has 0 saturated carbocycles. The molecule has 0 aliphatic heterocycles. The number of benzene rings is 2. The second-order valence-electron chi connectivity index (χ2n) is 6.26. The number of hydrogen-bond donors (Lipinski definition) is 3. The van der Waals surface area contributed by atoms with Crippen LogP contribution in [-0.2, 0) is 9.59 Å². The Morgan fingerprint density at radius 1 is 0.903 bits per heavy atom. The van der Waals surface area contributed by atoms with Gasteiger partial charge < -0.3 is 10.1 Å². The summed E-state index contributed by atoms with van der Waals surface area (Å²) in [5, 5.41) is 13.1. The maximum Gasteiger partial charge on any atom is 0.276 e. The van der Waals surface area contributed by atoms with E-state index in [-0.39, 0.29) is 19.1 Å². The predicted molar refractivity (Wildman–Crippen MR) is 115 cm³/mol. The highest BCUT2D eigenvalue weighted by atomic mass is 32.1. The summed E-state index contributed by atoms with van der Waals surface area (Å²) in [7, 11) is 0. The van der Waals surface area contributed by atoms with E-state index in [0.717, 1.165) is 11.1 Å². The second kappa shape index (κ2) is 10.6. The summed E-state index contributed by atoms with van der Waals surface area (Å²) in [6.45, 7) is -0.563.